The Kier molecular flexibility index (Phi) is 5.26. The molecule has 1 aromatic heterocycles. The lowest BCUT2D eigenvalue weighted by Gasteiger charge is -2.29. The molecule has 1 saturated heterocycles. The topological polar surface area (TPSA) is 92.5 Å². The van der Waals surface area contributed by atoms with Crippen LogP contribution in [0.2, 0.25) is 0 Å². The molecule has 2 heterocycles. The Hall–Kier alpha value is -0.960. The number of nitrogens with one attached hydrogen (secondary N) is 1. The maximum absolute atomic E-state index is 12.3. The lowest BCUT2D eigenvalue weighted by Crippen LogP contribution is -2.45. The van der Waals surface area contributed by atoms with Crippen molar-refractivity contribution in [3.63, 3.8) is 0 Å². The van der Waals surface area contributed by atoms with Gasteiger partial charge in [0.05, 0.1) is 6.04 Å². The number of amides is 1. The van der Waals surface area contributed by atoms with Crippen LogP contribution in [0, 0.1) is 19.8 Å². The van der Waals surface area contributed by atoms with Gasteiger partial charge in [-0.2, -0.15) is 12.7 Å². The summed E-state index contributed by atoms with van der Waals surface area (Å²) >= 11 is 1.72. The monoisotopic (exact) mass is 345 g/mol. The lowest BCUT2D eigenvalue weighted by molar-refractivity contribution is -0.126. The molecule has 2 rings (SSSR count). The number of thiophene rings is 1. The highest BCUT2D eigenvalue weighted by Crippen LogP contribution is 2.27. The van der Waals surface area contributed by atoms with Gasteiger partial charge in [-0.1, -0.05) is 0 Å². The molecule has 0 radical (unpaired) electrons. The summed E-state index contributed by atoms with van der Waals surface area (Å²) in [6.07, 6.45) is 1.02. The first-order valence-corrected chi connectivity index (χ1v) is 9.65. The molecule has 1 fully saturated rings. The number of carbonyl (C=O) groups excluding carboxylic acids is 1. The molecule has 1 aromatic rings. The van der Waals surface area contributed by atoms with Crippen LogP contribution in [0.1, 0.15) is 41.1 Å². The van der Waals surface area contributed by atoms with Crippen molar-refractivity contribution in [2.75, 3.05) is 13.1 Å². The summed E-state index contributed by atoms with van der Waals surface area (Å²) in [7, 11) is -3.64. The van der Waals surface area contributed by atoms with Gasteiger partial charge < -0.3 is 5.32 Å². The quantitative estimate of drug-likeness (QED) is 0.865. The van der Waals surface area contributed by atoms with Crippen molar-refractivity contribution in [1.29, 1.82) is 0 Å². The van der Waals surface area contributed by atoms with Crippen LogP contribution in [0.5, 0.6) is 0 Å². The Balaban J connectivity index is 1.92. The highest BCUT2D eigenvalue weighted by Gasteiger charge is 2.30. The van der Waals surface area contributed by atoms with E-state index in [1.165, 1.54) is 14.1 Å². The van der Waals surface area contributed by atoms with Crippen molar-refractivity contribution in [3.05, 3.63) is 21.4 Å². The SMILES string of the molecule is Cc1cc(C(C)NC(=O)C2CCN(S(N)(=O)=O)CC2)c(C)s1. The molecule has 0 spiro atoms. The van der Waals surface area contributed by atoms with Crippen LogP contribution in [0.25, 0.3) is 0 Å². The standard InChI is InChI=1S/C14H23N3O3S2/c1-9-8-13(11(3)21-9)10(2)16-14(18)12-4-6-17(7-5-12)22(15,19)20/h8,10,12H,4-7H2,1-3H3,(H,16,18)(H2,15,19,20). The number of carbonyl (C=O) groups is 1. The highest BCUT2D eigenvalue weighted by atomic mass is 32.2. The molecule has 0 aromatic carbocycles. The van der Waals surface area contributed by atoms with E-state index in [1.807, 2.05) is 6.92 Å². The number of rotatable bonds is 4. The predicted octanol–water partition coefficient (Wildman–Crippen LogP) is 1.46. The van der Waals surface area contributed by atoms with Crippen LogP contribution in [-0.2, 0) is 15.0 Å². The van der Waals surface area contributed by atoms with E-state index >= 15 is 0 Å². The number of hydrogen-bond acceptors (Lipinski definition) is 4. The minimum absolute atomic E-state index is 0.00942. The van der Waals surface area contributed by atoms with Crippen molar-refractivity contribution in [3.8, 4) is 0 Å². The van der Waals surface area contributed by atoms with Crippen LogP contribution in [0.4, 0.5) is 0 Å². The second kappa shape index (κ2) is 6.66. The fourth-order valence-corrected chi connectivity index (χ4v) is 4.60. The zero-order valence-corrected chi connectivity index (χ0v) is 14.8. The largest absolute Gasteiger partial charge is 0.349 e. The van der Waals surface area contributed by atoms with Gasteiger partial charge in [0.1, 0.15) is 0 Å². The van der Waals surface area contributed by atoms with E-state index in [2.05, 4.69) is 25.2 Å². The zero-order valence-electron chi connectivity index (χ0n) is 13.1. The van der Waals surface area contributed by atoms with Gasteiger partial charge in [-0.15, -0.1) is 11.3 Å². The molecule has 0 bridgehead atoms. The molecule has 1 unspecified atom stereocenters. The lowest BCUT2D eigenvalue weighted by atomic mass is 9.96. The van der Waals surface area contributed by atoms with Gasteiger partial charge in [0, 0.05) is 28.8 Å². The van der Waals surface area contributed by atoms with E-state index in [-0.39, 0.29) is 17.9 Å². The average molecular weight is 345 g/mol. The molecule has 1 atom stereocenters. The first-order valence-electron chi connectivity index (χ1n) is 7.33. The van der Waals surface area contributed by atoms with E-state index in [0.717, 1.165) is 5.56 Å². The fraction of sp³-hybridized carbons (Fsp3) is 0.643. The molecule has 1 aliphatic heterocycles. The van der Waals surface area contributed by atoms with Crippen molar-refractivity contribution in [2.24, 2.45) is 11.1 Å². The second-order valence-corrected chi connectivity index (χ2v) is 8.82. The Morgan fingerprint density at radius 1 is 1.41 bits per heavy atom. The number of piperidine rings is 1. The summed E-state index contributed by atoms with van der Waals surface area (Å²) in [4.78, 5) is 14.8. The number of hydrogen-bond donors (Lipinski definition) is 2. The molecule has 0 saturated carbocycles. The first-order chi connectivity index (χ1) is 10.2. The molecular formula is C14H23N3O3S2. The fourth-order valence-electron chi connectivity index (χ4n) is 2.86. The molecule has 0 aliphatic carbocycles. The molecule has 8 heteroatoms. The molecular weight excluding hydrogens is 322 g/mol. The molecule has 1 amide bonds. The zero-order chi connectivity index (χ0) is 16.5. The summed E-state index contributed by atoms with van der Waals surface area (Å²) in [5, 5.41) is 8.15. The Morgan fingerprint density at radius 3 is 2.45 bits per heavy atom. The third-order valence-corrected chi connectivity index (χ3v) is 6.16. The van der Waals surface area contributed by atoms with E-state index in [4.69, 9.17) is 5.14 Å². The minimum Gasteiger partial charge on any atom is -0.349 e. The molecule has 6 nitrogen and oxygen atoms in total. The summed E-state index contributed by atoms with van der Waals surface area (Å²) in [5.41, 5.74) is 1.15. The minimum atomic E-state index is -3.64. The molecule has 22 heavy (non-hydrogen) atoms. The van der Waals surface area contributed by atoms with Gasteiger partial charge in [-0.3, -0.25) is 4.79 Å². The summed E-state index contributed by atoms with van der Waals surface area (Å²) in [6, 6.07) is 2.07. The molecule has 3 N–H and O–H groups in total. The Bertz CT molecular complexity index is 646. The van der Waals surface area contributed by atoms with Crippen LogP contribution < -0.4 is 10.5 Å². The Morgan fingerprint density at radius 2 is 2.00 bits per heavy atom. The molecule has 1 aliphatic rings. The van der Waals surface area contributed by atoms with Gasteiger partial charge in [-0.25, -0.2) is 5.14 Å². The maximum atomic E-state index is 12.3. The molecule has 124 valence electrons. The number of nitrogens with zero attached hydrogens (tertiary/aromatic N) is 1. The van der Waals surface area contributed by atoms with Crippen molar-refractivity contribution >= 4 is 27.5 Å². The van der Waals surface area contributed by atoms with Crippen LogP contribution in [0.15, 0.2) is 6.07 Å². The second-order valence-electron chi connectivity index (χ2n) is 5.82. The van der Waals surface area contributed by atoms with Crippen molar-refractivity contribution in [1.82, 2.24) is 9.62 Å². The Labute approximate surface area is 135 Å². The van der Waals surface area contributed by atoms with Crippen molar-refractivity contribution in [2.45, 2.75) is 39.7 Å². The van der Waals surface area contributed by atoms with Crippen LogP contribution in [0.3, 0.4) is 0 Å². The third-order valence-electron chi connectivity index (χ3n) is 4.09. The van der Waals surface area contributed by atoms with Gasteiger partial charge in [0.15, 0.2) is 0 Å². The summed E-state index contributed by atoms with van der Waals surface area (Å²) in [6.45, 7) is 6.70. The van der Waals surface area contributed by atoms with Gasteiger partial charge in [0.25, 0.3) is 10.2 Å². The van der Waals surface area contributed by atoms with Crippen LogP contribution >= 0.6 is 11.3 Å². The van der Waals surface area contributed by atoms with Crippen molar-refractivity contribution < 1.29 is 13.2 Å². The summed E-state index contributed by atoms with van der Waals surface area (Å²) in [5.74, 6) is -0.162. The highest BCUT2D eigenvalue weighted by molar-refractivity contribution is 7.86. The number of aryl methyl sites for hydroxylation is 2. The van der Waals surface area contributed by atoms with Gasteiger partial charge in [-0.05, 0) is 45.2 Å². The van der Waals surface area contributed by atoms with E-state index < -0.39 is 10.2 Å². The van der Waals surface area contributed by atoms with Crippen LogP contribution in [-0.4, -0.2) is 31.7 Å². The average Bonchev–Trinajstić information content (AvgIpc) is 2.77. The van der Waals surface area contributed by atoms with E-state index in [9.17, 15) is 13.2 Å². The summed E-state index contributed by atoms with van der Waals surface area (Å²) < 4.78 is 23.8. The third kappa shape index (κ3) is 4.07. The smallest absolute Gasteiger partial charge is 0.276 e. The van der Waals surface area contributed by atoms with E-state index in [1.54, 1.807) is 11.3 Å². The number of nitrogens with two attached hydrogens (primary N) is 1. The first kappa shape index (κ1) is 17.4. The van der Waals surface area contributed by atoms with Gasteiger partial charge >= 0.3 is 0 Å². The van der Waals surface area contributed by atoms with E-state index in [0.29, 0.717) is 25.9 Å². The van der Waals surface area contributed by atoms with Gasteiger partial charge in [0.2, 0.25) is 5.91 Å². The normalized spacial score (nSPS) is 19.1. The predicted molar refractivity (Wildman–Crippen MR) is 87.8 cm³/mol. The maximum Gasteiger partial charge on any atom is 0.276 e.